The van der Waals surface area contributed by atoms with Gasteiger partial charge in [-0.3, -0.25) is 0 Å². The van der Waals surface area contributed by atoms with Gasteiger partial charge in [0.25, 0.3) is 0 Å². The van der Waals surface area contributed by atoms with E-state index in [1.807, 2.05) is 0 Å². The molecule has 0 aromatic carbocycles. The first-order chi connectivity index (χ1) is 9.26. The summed E-state index contributed by atoms with van der Waals surface area (Å²) in [4.78, 5) is 2.81. The molecular weight excluding hydrogens is 232 g/mol. The molecule has 0 amide bonds. The highest BCUT2D eigenvalue weighted by Crippen LogP contribution is 2.33. The second kappa shape index (κ2) is 6.13. The number of nitrogens with zero attached hydrogens (tertiary/aromatic N) is 1. The molecule has 1 aliphatic heterocycles. The van der Waals surface area contributed by atoms with Crippen molar-refractivity contribution in [1.29, 1.82) is 0 Å². The topological polar surface area (TPSA) is 15.3 Å². The normalized spacial score (nSPS) is 36.5. The molecule has 2 heteroatoms. The van der Waals surface area contributed by atoms with E-state index in [9.17, 15) is 0 Å². The minimum atomic E-state index is 0.498. The largest absolute Gasteiger partial charge is 0.310 e. The Hall–Kier alpha value is -0.0800. The van der Waals surface area contributed by atoms with Crippen molar-refractivity contribution in [1.82, 2.24) is 10.2 Å². The molecule has 3 rings (SSSR count). The van der Waals surface area contributed by atoms with Gasteiger partial charge in [-0.25, -0.2) is 0 Å². The van der Waals surface area contributed by atoms with Crippen LogP contribution in [-0.4, -0.2) is 36.6 Å². The van der Waals surface area contributed by atoms with Gasteiger partial charge in [0.05, 0.1) is 0 Å². The van der Waals surface area contributed by atoms with Crippen molar-refractivity contribution in [2.24, 2.45) is 11.8 Å². The predicted octanol–water partition coefficient (Wildman–Crippen LogP) is 3.42. The minimum absolute atomic E-state index is 0.498. The molecule has 19 heavy (non-hydrogen) atoms. The van der Waals surface area contributed by atoms with E-state index >= 15 is 0 Å². The Morgan fingerprint density at radius 2 is 1.79 bits per heavy atom. The van der Waals surface area contributed by atoms with Crippen LogP contribution in [-0.2, 0) is 0 Å². The first-order valence-corrected chi connectivity index (χ1v) is 8.73. The molecule has 0 radical (unpaired) electrons. The van der Waals surface area contributed by atoms with Gasteiger partial charge in [-0.05, 0) is 57.0 Å². The first-order valence-electron chi connectivity index (χ1n) is 8.73. The molecule has 110 valence electrons. The standard InChI is InChI=1S/C17H32N2/c1-15-5-7-16(8-6-15)13-19-12-4-11-18-17(14-19)9-2-3-10-17/h15-16,18H,2-14H2,1H3. The molecule has 0 aromatic heterocycles. The highest BCUT2D eigenvalue weighted by Gasteiger charge is 2.36. The number of hydrogen-bond donors (Lipinski definition) is 1. The Bertz CT molecular complexity index is 275. The van der Waals surface area contributed by atoms with Gasteiger partial charge in [0.2, 0.25) is 0 Å². The van der Waals surface area contributed by atoms with Gasteiger partial charge < -0.3 is 10.2 Å². The van der Waals surface area contributed by atoms with Crippen molar-refractivity contribution in [3.63, 3.8) is 0 Å². The third-order valence-corrected chi connectivity index (χ3v) is 5.89. The number of nitrogens with one attached hydrogen (secondary N) is 1. The van der Waals surface area contributed by atoms with E-state index in [0.29, 0.717) is 5.54 Å². The summed E-state index contributed by atoms with van der Waals surface area (Å²) < 4.78 is 0. The van der Waals surface area contributed by atoms with E-state index in [1.165, 1.54) is 84.0 Å². The van der Waals surface area contributed by atoms with Crippen LogP contribution in [0.4, 0.5) is 0 Å². The second-order valence-electron chi connectivity index (χ2n) is 7.63. The van der Waals surface area contributed by atoms with Crippen LogP contribution in [0, 0.1) is 11.8 Å². The summed E-state index contributed by atoms with van der Waals surface area (Å²) in [7, 11) is 0. The molecule has 1 heterocycles. The predicted molar refractivity (Wildman–Crippen MR) is 81.4 cm³/mol. The maximum atomic E-state index is 3.89. The van der Waals surface area contributed by atoms with Crippen LogP contribution in [0.15, 0.2) is 0 Å². The van der Waals surface area contributed by atoms with Crippen LogP contribution < -0.4 is 5.32 Å². The van der Waals surface area contributed by atoms with Crippen LogP contribution in [0.5, 0.6) is 0 Å². The summed E-state index contributed by atoms with van der Waals surface area (Å²) in [5.74, 6) is 1.98. The van der Waals surface area contributed by atoms with Gasteiger partial charge in [-0.1, -0.05) is 32.6 Å². The first kappa shape index (κ1) is 13.9. The van der Waals surface area contributed by atoms with Gasteiger partial charge in [0, 0.05) is 18.6 Å². The molecule has 1 saturated heterocycles. The Balaban J connectivity index is 1.54. The molecule has 2 aliphatic carbocycles. The van der Waals surface area contributed by atoms with Crippen LogP contribution in [0.1, 0.15) is 64.7 Å². The van der Waals surface area contributed by atoms with Crippen molar-refractivity contribution >= 4 is 0 Å². The molecule has 1 spiro atoms. The zero-order valence-corrected chi connectivity index (χ0v) is 12.8. The van der Waals surface area contributed by atoms with E-state index in [1.54, 1.807) is 0 Å². The highest BCUT2D eigenvalue weighted by atomic mass is 15.2. The zero-order chi connectivity index (χ0) is 13.1. The van der Waals surface area contributed by atoms with Crippen LogP contribution in [0.25, 0.3) is 0 Å². The summed E-state index contributed by atoms with van der Waals surface area (Å²) in [5, 5.41) is 3.89. The zero-order valence-electron chi connectivity index (χ0n) is 12.8. The lowest BCUT2D eigenvalue weighted by Crippen LogP contribution is -2.50. The van der Waals surface area contributed by atoms with E-state index in [4.69, 9.17) is 0 Å². The molecule has 1 N–H and O–H groups in total. The average molecular weight is 264 g/mol. The fraction of sp³-hybridized carbons (Fsp3) is 1.00. The van der Waals surface area contributed by atoms with E-state index in [2.05, 4.69) is 17.1 Å². The van der Waals surface area contributed by atoms with Gasteiger partial charge in [0.1, 0.15) is 0 Å². The van der Waals surface area contributed by atoms with E-state index in [0.717, 1.165) is 11.8 Å². The Morgan fingerprint density at radius 3 is 2.53 bits per heavy atom. The van der Waals surface area contributed by atoms with Crippen LogP contribution >= 0.6 is 0 Å². The average Bonchev–Trinajstić information content (AvgIpc) is 2.76. The van der Waals surface area contributed by atoms with Gasteiger partial charge in [0.15, 0.2) is 0 Å². The molecular formula is C17H32N2. The van der Waals surface area contributed by atoms with Gasteiger partial charge in [-0.2, -0.15) is 0 Å². The smallest absolute Gasteiger partial charge is 0.0308 e. The van der Waals surface area contributed by atoms with E-state index in [-0.39, 0.29) is 0 Å². The minimum Gasteiger partial charge on any atom is -0.310 e. The molecule has 0 aromatic rings. The van der Waals surface area contributed by atoms with Crippen molar-refractivity contribution in [3.8, 4) is 0 Å². The molecule has 0 atom stereocenters. The number of hydrogen-bond acceptors (Lipinski definition) is 2. The molecule has 3 fully saturated rings. The van der Waals surface area contributed by atoms with Crippen LogP contribution in [0.2, 0.25) is 0 Å². The monoisotopic (exact) mass is 264 g/mol. The summed E-state index contributed by atoms with van der Waals surface area (Å²) in [6, 6.07) is 0. The third kappa shape index (κ3) is 3.52. The summed E-state index contributed by atoms with van der Waals surface area (Å²) in [6.45, 7) is 7.73. The van der Waals surface area contributed by atoms with Gasteiger partial charge in [-0.15, -0.1) is 0 Å². The molecule has 0 unspecified atom stereocenters. The fourth-order valence-electron chi connectivity index (χ4n) is 4.64. The molecule has 0 bridgehead atoms. The summed E-state index contributed by atoms with van der Waals surface area (Å²) in [6.07, 6.45) is 13.0. The second-order valence-corrected chi connectivity index (χ2v) is 7.63. The van der Waals surface area contributed by atoms with Crippen molar-refractivity contribution in [2.45, 2.75) is 70.3 Å². The number of rotatable bonds is 2. The third-order valence-electron chi connectivity index (χ3n) is 5.89. The maximum Gasteiger partial charge on any atom is 0.0308 e. The Kier molecular flexibility index (Phi) is 4.48. The quantitative estimate of drug-likeness (QED) is 0.822. The lowest BCUT2D eigenvalue weighted by Gasteiger charge is -2.36. The van der Waals surface area contributed by atoms with E-state index < -0.39 is 0 Å². The highest BCUT2D eigenvalue weighted by molar-refractivity contribution is 4.97. The Labute approximate surface area is 119 Å². The summed E-state index contributed by atoms with van der Waals surface area (Å²) in [5.41, 5.74) is 0.498. The van der Waals surface area contributed by atoms with Crippen molar-refractivity contribution < 1.29 is 0 Å². The summed E-state index contributed by atoms with van der Waals surface area (Å²) >= 11 is 0. The Morgan fingerprint density at radius 1 is 1.05 bits per heavy atom. The van der Waals surface area contributed by atoms with Crippen LogP contribution in [0.3, 0.4) is 0 Å². The lowest BCUT2D eigenvalue weighted by atomic mass is 9.82. The molecule has 2 saturated carbocycles. The van der Waals surface area contributed by atoms with Crippen molar-refractivity contribution in [2.75, 3.05) is 26.2 Å². The molecule has 3 aliphatic rings. The fourth-order valence-corrected chi connectivity index (χ4v) is 4.64. The molecule has 2 nitrogen and oxygen atoms in total. The lowest BCUT2D eigenvalue weighted by molar-refractivity contribution is 0.157. The van der Waals surface area contributed by atoms with Gasteiger partial charge >= 0.3 is 0 Å². The van der Waals surface area contributed by atoms with Crippen molar-refractivity contribution in [3.05, 3.63) is 0 Å². The maximum absolute atomic E-state index is 3.89. The SMILES string of the molecule is CC1CCC(CN2CCCNC3(CCCC3)C2)CC1.